The second kappa shape index (κ2) is 32.9. The van der Waals surface area contributed by atoms with Crippen LogP contribution in [-0.4, -0.2) is 23.0 Å². The summed E-state index contributed by atoms with van der Waals surface area (Å²) in [7, 11) is -8.63. The van der Waals surface area contributed by atoms with Crippen LogP contribution in [0.1, 0.15) is 219 Å². The van der Waals surface area contributed by atoms with Crippen molar-refractivity contribution in [2.45, 2.75) is 222 Å². The molecule has 0 radical (unpaired) electrons. The summed E-state index contributed by atoms with van der Waals surface area (Å²) >= 11 is 0. The van der Waals surface area contributed by atoms with Crippen molar-refractivity contribution in [1.82, 2.24) is 0 Å². The summed E-state index contributed by atoms with van der Waals surface area (Å²) in [6.07, 6.45) is 26.8. The highest BCUT2D eigenvalue weighted by Crippen LogP contribution is 2.48. The third-order valence-corrected chi connectivity index (χ3v) is 15.0. The molecule has 0 aliphatic rings. The maximum Gasteiger partial charge on any atom is 0.527 e. The van der Waals surface area contributed by atoms with Gasteiger partial charge in [0.2, 0.25) is 0 Å². The largest absolute Gasteiger partial charge is 0.527 e. The van der Waals surface area contributed by atoms with E-state index < -0.39 is 15.6 Å². The molecule has 2 aromatic carbocycles. The average molecular weight is 907 g/mol. The molecule has 0 spiro atoms. The van der Waals surface area contributed by atoms with Gasteiger partial charge in [0.15, 0.2) is 0 Å². The van der Waals surface area contributed by atoms with Crippen LogP contribution >= 0.6 is 15.6 Å². The number of unbranched alkanes of at least 4 members (excludes halogenated alkanes) is 9. The summed E-state index contributed by atoms with van der Waals surface area (Å²) in [5.41, 5.74) is 4.60. The van der Waals surface area contributed by atoms with Gasteiger partial charge in [0, 0.05) is 0 Å². The number of rotatable bonds is 39. The van der Waals surface area contributed by atoms with Gasteiger partial charge in [0.05, 0.1) is 13.2 Å². The molecule has 62 heavy (non-hydrogen) atoms. The Labute approximate surface area is 380 Å². The third kappa shape index (κ3) is 23.0. The topological polar surface area (TPSA) is 112 Å². The van der Waals surface area contributed by atoms with Crippen molar-refractivity contribution in [1.29, 1.82) is 0 Å². The molecule has 2 rings (SSSR count). The van der Waals surface area contributed by atoms with Gasteiger partial charge in [0.1, 0.15) is 11.5 Å². The van der Waals surface area contributed by atoms with E-state index in [0.29, 0.717) is 48.0 Å². The molecular formula is C52H92O8P2. The predicted octanol–water partition coefficient (Wildman–Crippen LogP) is 16.8. The first kappa shape index (κ1) is 56.5. The van der Waals surface area contributed by atoms with E-state index in [2.05, 4.69) is 67.5 Å². The number of benzene rings is 2. The Balaban J connectivity index is 1.90. The van der Waals surface area contributed by atoms with Gasteiger partial charge in [-0.2, -0.15) is 0 Å². The Morgan fingerprint density at radius 3 is 1.05 bits per heavy atom. The zero-order valence-electron chi connectivity index (χ0n) is 40.8. The lowest BCUT2D eigenvalue weighted by atomic mass is 9.85. The number of hydrogen-bond acceptors (Lipinski definition) is 6. The van der Waals surface area contributed by atoms with Crippen molar-refractivity contribution < 1.29 is 37.0 Å². The van der Waals surface area contributed by atoms with Crippen LogP contribution in [0.5, 0.6) is 11.5 Å². The average Bonchev–Trinajstić information content (AvgIpc) is 3.25. The fourth-order valence-electron chi connectivity index (χ4n) is 8.78. The fraction of sp³-hybridized carbons (Fsp3) is 0.769. The predicted molar refractivity (Wildman–Crippen MR) is 261 cm³/mol. The van der Waals surface area contributed by atoms with Crippen LogP contribution in [0.4, 0.5) is 0 Å². The summed E-state index contributed by atoms with van der Waals surface area (Å²) in [6.45, 7) is 18.2. The molecule has 0 aliphatic carbocycles. The smallest absolute Gasteiger partial charge is 0.404 e. The number of phosphoric acid groups is 2. The lowest BCUT2D eigenvalue weighted by Gasteiger charge is -2.23. The third-order valence-electron chi connectivity index (χ3n) is 13.1. The summed E-state index contributed by atoms with van der Waals surface area (Å²) in [5.74, 6) is 3.11. The van der Waals surface area contributed by atoms with Crippen LogP contribution in [-0.2, 0) is 43.9 Å². The van der Waals surface area contributed by atoms with Crippen LogP contribution in [0.15, 0.2) is 36.4 Å². The molecule has 2 aromatic rings. The zero-order chi connectivity index (χ0) is 45.6. The molecule has 6 unspecified atom stereocenters. The molecular weight excluding hydrogens is 815 g/mol. The first-order valence-electron chi connectivity index (χ1n) is 25.4. The van der Waals surface area contributed by atoms with Crippen molar-refractivity contribution in [3.05, 3.63) is 58.7 Å². The van der Waals surface area contributed by atoms with Gasteiger partial charge in [-0.3, -0.25) is 18.8 Å². The van der Waals surface area contributed by atoms with Crippen molar-refractivity contribution >= 4 is 15.6 Å². The molecule has 358 valence electrons. The molecule has 0 amide bonds. The summed E-state index contributed by atoms with van der Waals surface area (Å²) in [4.78, 5) is 21.7. The number of phosphoric ester groups is 2. The molecule has 0 heterocycles. The second-order valence-electron chi connectivity index (χ2n) is 18.2. The SMILES string of the molecule is CCCCC(CC)Cc1cccc(OP(=O)(O)OCCCCCCCCOP(=O)(O)Oc2cccc(CC(CC)CCCC)c2CC(CC)CCCC)c1CC(CC)CCCC. The molecule has 0 fully saturated rings. The van der Waals surface area contributed by atoms with E-state index in [4.69, 9.17) is 18.1 Å². The van der Waals surface area contributed by atoms with Gasteiger partial charge in [0.25, 0.3) is 0 Å². The monoisotopic (exact) mass is 907 g/mol. The second-order valence-corrected chi connectivity index (χ2v) is 20.9. The Morgan fingerprint density at radius 2 is 0.742 bits per heavy atom. The van der Waals surface area contributed by atoms with Crippen molar-refractivity contribution in [2.24, 2.45) is 23.7 Å². The van der Waals surface area contributed by atoms with E-state index in [0.717, 1.165) is 114 Å². The Hall–Kier alpha value is -1.66. The molecule has 0 aromatic heterocycles. The van der Waals surface area contributed by atoms with E-state index in [9.17, 15) is 18.9 Å². The highest BCUT2D eigenvalue weighted by molar-refractivity contribution is 7.48. The summed E-state index contributed by atoms with van der Waals surface area (Å²) < 4.78 is 49.3. The minimum Gasteiger partial charge on any atom is -0.404 e. The van der Waals surface area contributed by atoms with Crippen molar-refractivity contribution in [3.63, 3.8) is 0 Å². The minimum absolute atomic E-state index is 0.137. The number of hydrogen-bond donors (Lipinski definition) is 2. The van der Waals surface area contributed by atoms with Crippen LogP contribution in [0.25, 0.3) is 0 Å². The Bertz CT molecular complexity index is 1440. The summed E-state index contributed by atoms with van der Waals surface area (Å²) in [5, 5.41) is 0. The van der Waals surface area contributed by atoms with E-state index in [1.54, 1.807) is 0 Å². The van der Waals surface area contributed by atoms with Crippen molar-refractivity contribution in [3.8, 4) is 11.5 Å². The van der Waals surface area contributed by atoms with Gasteiger partial charge in [-0.1, -0.05) is 208 Å². The van der Waals surface area contributed by atoms with Crippen LogP contribution in [0, 0.1) is 23.7 Å². The van der Waals surface area contributed by atoms with Crippen LogP contribution in [0.2, 0.25) is 0 Å². The van der Waals surface area contributed by atoms with E-state index in [1.165, 1.54) is 62.5 Å². The maximum absolute atomic E-state index is 13.3. The molecule has 0 saturated carbocycles. The van der Waals surface area contributed by atoms with E-state index >= 15 is 0 Å². The molecule has 0 aliphatic heterocycles. The minimum atomic E-state index is -4.32. The van der Waals surface area contributed by atoms with Gasteiger partial charge in [-0.05, 0) is 96.6 Å². The van der Waals surface area contributed by atoms with Crippen LogP contribution < -0.4 is 9.05 Å². The Kier molecular flexibility index (Phi) is 30.0. The van der Waals surface area contributed by atoms with E-state index in [-0.39, 0.29) is 13.2 Å². The van der Waals surface area contributed by atoms with Gasteiger partial charge < -0.3 is 9.05 Å². The lowest BCUT2D eigenvalue weighted by molar-refractivity contribution is 0.194. The molecule has 0 saturated heterocycles. The normalized spacial score (nSPS) is 15.7. The zero-order valence-corrected chi connectivity index (χ0v) is 42.6. The highest BCUT2D eigenvalue weighted by Gasteiger charge is 2.28. The van der Waals surface area contributed by atoms with E-state index in [1.807, 2.05) is 24.3 Å². The Morgan fingerprint density at radius 1 is 0.435 bits per heavy atom. The highest BCUT2D eigenvalue weighted by atomic mass is 31.2. The van der Waals surface area contributed by atoms with Crippen LogP contribution in [0.3, 0.4) is 0 Å². The molecule has 8 nitrogen and oxygen atoms in total. The maximum atomic E-state index is 13.3. The van der Waals surface area contributed by atoms with Crippen molar-refractivity contribution in [2.75, 3.05) is 13.2 Å². The van der Waals surface area contributed by atoms with Gasteiger partial charge >= 0.3 is 15.6 Å². The standard InChI is InChI=1S/C52H92O8P2/c1-9-17-29-43(13-5)39-47-33-27-35-51(49(47)41-45(15-7)31-19-11-3)59-61(53,54)57-37-25-23-21-22-24-26-38-58-62(55,56)60-52-36-28-34-48(40-44(14-6)30-18-10-2)50(52)42-46(16-8)32-20-12-4/h27-28,33-36,43-46H,9-26,29-32,37-42H2,1-8H3,(H,53,54)(H,55,56). The molecule has 2 N–H and O–H groups in total. The molecule has 6 atom stereocenters. The molecule has 10 heteroatoms. The first-order chi connectivity index (χ1) is 29.9. The van der Waals surface area contributed by atoms with Gasteiger partial charge in [-0.25, -0.2) is 9.13 Å². The fourth-order valence-corrected chi connectivity index (χ4v) is 10.4. The quantitative estimate of drug-likeness (QED) is 0.0504. The first-order valence-corrected chi connectivity index (χ1v) is 28.4. The van der Waals surface area contributed by atoms with Gasteiger partial charge in [-0.15, -0.1) is 0 Å². The molecule has 0 bridgehead atoms. The summed E-state index contributed by atoms with van der Waals surface area (Å²) in [6, 6.07) is 11.9. The lowest BCUT2D eigenvalue weighted by Crippen LogP contribution is -2.11.